The maximum atomic E-state index is 14.3. The lowest BCUT2D eigenvalue weighted by molar-refractivity contribution is 0.0791. The van der Waals surface area contributed by atoms with Gasteiger partial charge in [-0.3, -0.25) is 9.78 Å². The number of aryl methyl sites for hydroxylation is 1. The SMILES string of the molecule is COc1cc(C#N)cc(-c2ccc3ncc(-c4cc(C)cc(F)c4)c(C(=O)N(C)CC(C)N)c3c2)c1. The van der Waals surface area contributed by atoms with Crippen LogP contribution in [0.1, 0.15) is 28.4 Å². The fraction of sp³-hybridized carbons (Fsp3) is 0.207. The summed E-state index contributed by atoms with van der Waals surface area (Å²) in [7, 11) is 3.24. The van der Waals surface area contributed by atoms with Crippen LogP contribution in [0.3, 0.4) is 0 Å². The van der Waals surface area contributed by atoms with Crippen LogP contribution in [0, 0.1) is 24.1 Å². The van der Waals surface area contributed by atoms with Gasteiger partial charge in [0, 0.05) is 36.8 Å². The number of benzene rings is 3. The number of rotatable bonds is 6. The molecule has 0 aliphatic heterocycles. The van der Waals surface area contributed by atoms with Crippen molar-refractivity contribution < 1.29 is 13.9 Å². The van der Waals surface area contributed by atoms with E-state index >= 15 is 0 Å². The molecule has 1 heterocycles. The minimum absolute atomic E-state index is 0.219. The van der Waals surface area contributed by atoms with Crippen molar-refractivity contribution in [2.45, 2.75) is 19.9 Å². The molecule has 2 N–H and O–H groups in total. The van der Waals surface area contributed by atoms with Gasteiger partial charge >= 0.3 is 0 Å². The number of nitrogens with zero attached hydrogens (tertiary/aromatic N) is 3. The molecule has 0 saturated heterocycles. The van der Waals surface area contributed by atoms with E-state index in [4.69, 9.17) is 10.5 Å². The lowest BCUT2D eigenvalue weighted by Gasteiger charge is -2.22. The zero-order chi connectivity index (χ0) is 26.0. The number of hydrogen-bond acceptors (Lipinski definition) is 5. The molecule has 4 aromatic rings. The van der Waals surface area contributed by atoms with Crippen molar-refractivity contribution in [3.8, 4) is 34.1 Å². The van der Waals surface area contributed by atoms with Crippen LogP contribution in [-0.2, 0) is 0 Å². The normalized spacial score (nSPS) is 11.7. The zero-order valence-electron chi connectivity index (χ0n) is 20.7. The van der Waals surface area contributed by atoms with Crippen LogP contribution in [0.15, 0.2) is 60.8 Å². The molecule has 0 aliphatic carbocycles. The highest BCUT2D eigenvalue weighted by atomic mass is 19.1. The number of halogens is 1. The highest BCUT2D eigenvalue weighted by Gasteiger charge is 2.22. The summed E-state index contributed by atoms with van der Waals surface area (Å²) in [6, 6.07) is 17.5. The van der Waals surface area contributed by atoms with E-state index in [-0.39, 0.29) is 17.8 Å². The Morgan fingerprint density at radius 1 is 1.14 bits per heavy atom. The molecule has 0 spiro atoms. The van der Waals surface area contributed by atoms with Crippen molar-refractivity contribution in [2.75, 3.05) is 20.7 Å². The molecule has 0 aliphatic rings. The van der Waals surface area contributed by atoms with Gasteiger partial charge in [0.1, 0.15) is 11.6 Å². The Labute approximate surface area is 209 Å². The van der Waals surface area contributed by atoms with E-state index in [1.807, 2.05) is 37.3 Å². The van der Waals surface area contributed by atoms with Crippen LogP contribution in [0.2, 0.25) is 0 Å². The molecule has 1 aromatic heterocycles. The lowest BCUT2D eigenvalue weighted by atomic mass is 9.93. The Balaban J connectivity index is 2.00. The Bertz CT molecular complexity index is 1490. The molecule has 182 valence electrons. The first-order valence-electron chi connectivity index (χ1n) is 11.5. The predicted molar refractivity (Wildman–Crippen MR) is 139 cm³/mol. The van der Waals surface area contributed by atoms with Crippen LogP contribution >= 0.6 is 0 Å². The van der Waals surface area contributed by atoms with E-state index in [1.54, 1.807) is 44.3 Å². The minimum Gasteiger partial charge on any atom is -0.497 e. The van der Waals surface area contributed by atoms with Gasteiger partial charge in [-0.1, -0.05) is 12.1 Å². The van der Waals surface area contributed by atoms with Crippen LogP contribution in [0.25, 0.3) is 33.2 Å². The smallest absolute Gasteiger partial charge is 0.255 e. The Kier molecular flexibility index (Phi) is 7.00. The van der Waals surface area contributed by atoms with Crippen molar-refractivity contribution in [1.29, 1.82) is 5.26 Å². The summed E-state index contributed by atoms with van der Waals surface area (Å²) in [4.78, 5) is 20.0. The maximum absolute atomic E-state index is 14.3. The second-order valence-corrected chi connectivity index (χ2v) is 9.02. The number of hydrogen-bond donors (Lipinski definition) is 1. The number of amides is 1. The van der Waals surface area contributed by atoms with Gasteiger partial charge in [0.05, 0.1) is 29.8 Å². The third-order valence-corrected chi connectivity index (χ3v) is 5.95. The Morgan fingerprint density at radius 3 is 2.58 bits per heavy atom. The monoisotopic (exact) mass is 482 g/mol. The average molecular weight is 483 g/mol. The van der Waals surface area contributed by atoms with Crippen molar-refractivity contribution in [3.05, 3.63) is 83.3 Å². The number of methoxy groups -OCH3 is 1. The van der Waals surface area contributed by atoms with Gasteiger partial charge in [-0.05, 0) is 78.6 Å². The summed E-state index contributed by atoms with van der Waals surface area (Å²) in [6.45, 7) is 3.99. The molecule has 0 bridgehead atoms. The average Bonchev–Trinajstić information content (AvgIpc) is 2.85. The van der Waals surface area contributed by atoms with Crippen LogP contribution in [0.4, 0.5) is 4.39 Å². The summed E-state index contributed by atoms with van der Waals surface area (Å²) in [5.74, 6) is -0.0714. The minimum atomic E-state index is -0.387. The van der Waals surface area contributed by atoms with Gasteiger partial charge in [-0.25, -0.2) is 4.39 Å². The van der Waals surface area contributed by atoms with E-state index in [0.29, 0.717) is 45.5 Å². The number of likely N-dealkylation sites (N-methyl/N-ethyl adjacent to an activating group) is 1. The number of carbonyl (C=O) groups excluding carboxylic acids is 1. The first-order chi connectivity index (χ1) is 17.2. The molecule has 1 atom stereocenters. The van der Waals surface area contributed by atoms with Crippen molar-refractivity contribution in [2.24, 2.45) is 5.73 Å². The van der Waals surface area contributed by atoms with E-state index in [2.05, 4.69) is 11.1 Å². The second-order valence-electron chi connectivity index (χ2n) is 9.02. The third-order valence-electron chi connectivity index (χ3n) is 5.95. The fourth-order valence-electron chi connectivity index (χ4n) is 4.37. The molecule has 6 nitrogen and oxygen atoms in total. The Hall–Kier alpha value is -4.28. The zero-order valence-corrected chi connectivity index (χ0v) is 20.7. The van der Waals surface area contributed by atoms with E-state index in [9.17, 15) is 14.4 Å². The lowest BCUT2D eigenvalue weighted by Crippen LogP contribution is -2.37. The fourth-order valence-corrected chi connectivity index (χ4v) is 4.37. The number of nitrogens with two attached hydrogens (primary N) is 1. The quantitative estimate of drug-likeness (QED) is 0.402. The Morgan fingerprint density at radius 2 is 1.92 bits per heavy atom. The van der Waals surface area contributed by atoms with Gasteiger partial charge in [-0.2, -0.15) is 5.26 Å². The van der Waals surface area contributed by atoms with Gasteiger partial charge in [0.25, 0.3) is 5.91 Å². The van der Waals surface area contributed by atoms with Crippen molar-refractivity contribution >= 4 is 16.8 Å². The highest BCUT2D eigenvalue weighted by molar-refractivity contribution is 6.12. The largest absolute Gasteiger partial charge is 0.497 e. The molecule has 3 aromatic carbocycles. The van der Waals surface area contributed by atoms with E-state index in [0.717, 1.165) is 16.7 Å². The van der Waals surface area contributed by atoms with Crippen molar-refractivity contribution in [3.63, 3.8) is 0 Å². The molecule has 7 heteroatoms. The highest BCUT2D eigenvalue weighted by Crippen LogP contribution is 2.34. The first kappa shape index (κ1) is 24.8. The molecular formula is C29H27FN4O2. The molecule has 0 radical (unpaired) electrons. The van der Waals surface area contributed by atoms with Crippen LogP contribution in [-0.4, -0.2) is 42.5 Å². The van der Waals surface area contributed by atoms with E-state index < -0.39 is 0 Å². The summed E-state index contributed by atoms with van der Waals surface area (Å²) in [5, 5.41) is 10.1. The maximum Gasteiger partial charge on any atom is 0.255 e. The van der Waals surface area contributed by atoms with Crippen LogP contribution in [0.5, 0.6) is 5.75 Å². The third kappa shape index (κ3) is 5.04. The first-order valence-corrected chi connectivity index (χ1v) is 11.5. The number of aromatic nitrogens is 1. The molecular weight excluding hydrogens is 455 g/mol. The number of nitriles is 1. The molecule has 1 unspecified atom stereocenters. The second kappa shape index (κ2) is 10.1. The number of fused-ring (bicyclic) bond motifs is 1. The van der Waals surface area contributed by atoms with Gasteiger partial charge in [0.15, 0.2) is 0 Å². The summed E-state index contributed by atoms with van der Waals surface area (Å²) in [6.07, 6.45) is 1.61. The summed E-state index contributed by atoms with van der Waals surface area (Å²) in [5.41, 5.74) is 10.9. The van der Waals surface area contributed by atoms with E-state index in [1.165, 1.54) is 12.1 Å². The molecule has 4 rings (SSSR count). The van der Waals surface area contributed by atoms with Gasteiger partial charge in [-0.15, -0.1) is 0 Å². The molecule has 0 fully saturated rings. The topological polar surface area (TPSA) is 92.2 Å². The summed E-state index contributed by atoms with van der Waals surface area (Å²) < 4.78 is 19.7. The summed E-state index contributed by atoms with van der Waals surface area (Å²) >= 11 is 0. The molecule has 1 amide bonds. The number of carbonyl (C=O) groups is 1. The standard InChI is InChI=1S/C29H27FN4O2/c1-17-7-22(11-23(30)8-17)26-15-33-27-6-5-20(21-9-19(14-31)10-24(12-21)36-4)13-25(27)28(26)29(35)34(3)16-18(2)32/h5-13,15,18H,16,32H2,1-4H3. The molecule has 36 heavy (non-hydrogen) atoms. The van der Waals surface area contributed by atoms with Crippen LogP contribution < -0.4 is 10.5 Å². The predicted octanol–water partition coefficient (Wildman–Crippen LogP) is 5.32. The van der Waals surface area contributed by atoms with Gasteiger partial charge in [0.2, 0.25) is 0 Å². The van der Waals surface area contributed by atoms with Crippen molar-refractivity contribution in [1.82, 2.24) is 9.88 Å². The van der Waals surface area contributed by atoms with Gasteiger partial charge < -0.3 is 15.4 Å². The number of ether oxygens (including phenoxy) is 1. The molecule has 0 saturated carbocycles. The number of pyridine rings is 1.